The Bertz CT molecular complexity index is 1230. The predicted octanol–water partition coefficient (Wildman–Crippen LogP) is 5.30. The number of benzene rings is 2. The van der Waals surface area contributed by atoms with E-state index in [1.165, 1.54) is 5.56 Å². The van der Waals surface area contributed by atoms with Crippen molar-refractivity contribution in [2.75, 3.05) is 17.7 Å². The Kier molecular flexibility index (Phi) is 7.37. The molecule has 2 heterocycles. The highest BCUT2D eigenvalue weighted by Gasteiger charge is 2.35. The minimum absolute atomic E-state index is 0.128. The summed E-state index contributed by atoms with van der Waals surface area (Å²) >= 11 is 1.55. The number of aromatic nitrogens is 3. The van der Waals surface area contributed by atoms with Crippen LogP contribution in [0.1, 0.15) is 36.6 Å². The molecule has 0 spiro atoms. The van der Waals surface area contributed by atoms with E-state index in [1.807, 2.05) is 50.2 Å². The van der Waals surface area contributed by atoms with Gasteiger partial charge in [0.15, 0.2) is 0 Å². The molecule has 3 aromatic rings. The van der Waals surface area contributed by atoms with Crippen LogP contribution in [0.2, 0.25) is 0 Å². The Morgan fingerprint density at radius 1 is 1.24 bits per heavy atom. The van der Waals surface area contributed by atoms with Gasteiger partial charge in [-0.3, -0.25) is 0 Å². The first-order chi connectivity index (χ1) is 16.5. The molecule has 1 N–H and O–H groups in total. The molecule has 0 saturated carbocycles. The highest BCUT2D eigenvalue weighted by Crippen LogP contribution is 2.37. The molecule has 4 rings (SSSR count). The largest absolute Gasteiger partial charge is 0.489 e. The summed E-state index contributed by atoms with van der Waals surface area (Å²) in [4.78, 5) is 17.7. The van der Waals surface area contributed by atoms with Crippen LogP contribution in [-0.4, -0.2) is 33.1 Å². The van der Waals surface area contributed by atoms with Crippen molar-refractivity contribution in [2.45, 2.75) is 38.6 Å². The fourth-order valence-electron chi connectivity index (χ4n) is 3.81. The van der Waals surface area contributed by atoms with Crippen LogP contribution in [-0.2, 0) is 16.1 Å². The summed E-state index contributed by atoms with van der Waals surface area (Å²) in [7, 11) is 0. The summed E-state index contributed by atoms with van der Waals surface area (Å²) < 4.78 is 13.3. The van der Waals surface area contributed by atoms with Gasteiger partial charge in [-0.1, -0.05) is 67.7 Å². The first-order valence-corrected chi connectivity index (χ1v) is 12.1. The van der Waals surface area contributed by atoms with E-state index in [1.54, 1.807) is 22.5 Å². The normalized spacial score (nSPS) is 14.9. The number of rotatable bonds is 9. The lowest BCUT2D eigenvalue weighted by Gasteiger charge is -2.28. The number of esters is 1. The maximum atomic E-state index is 13.1. The van der Waals surface area contributed by atoms with Crippen LogP contribution in [0, 0.1) is 6.92 Å². The number of hydrogen-bond donors (Lipinski definition) is 1. The van der Waals surface area contributed by atoms with E-state index in [2.05, 4.69) is 41.0 Å². The van der Waals surface area contributed by atoms with Crippen LogP contribution in [0.15, 0.2) is 77.6 Å². The van der Waals surface area contributed by atoms with E-state index in [0.717, 1.165) is 16.9 Å². The minimum atomic E-state index is -0.505. The fourth-order valence-corrected chi connectivity index (χ4v) is 4.37. The highest BCUT2D eigenvalue weighted by molar-refractivity contribution is 7.99. The van der Waals surface area contributed by atoms with Gasteiger partial charge in [0.05, 0.1) is 5.57 Å². The molecule has 2 aromatic carbocycles. The molecule has 8 heteroatoms. The number of anilines is 1. The molecule has 0 aliphatic carbocycles. The standard InChI is InChI=1S/C26H28N4O3S/c1-5-14-32-24(31)22-18(4)27-25-28-26(34-6-2)29-30(25)23(22)19-12-9-13-21(15-19)33-16-20-11-8-7-10-17(20)3/h5,7-13,15,23H,1,6,14,16H2,2-4H3,(H,27,28,29). The van der Waals surface area contributed by atoms with Gasteiger partial charge in [0.2, 0.25) is 11.1 Å². The molecule has 0 saturated heterocycles. The van der Waals surface area contributed by atoms with Gasteiger partial charge in [-0.25, -0.2) is 9.48 Å². The third kappa shape index (κ3) is 5.02. The lowest BCUT2D eigenvalue weighted by atomic mass is 9.95. The van der Waals surface area contributed by atoms with Crippen molar-refractivity contribution in [1.82, 2.24) is 14.8 Å². The number of carbonyl (C=O) groups excluding carboxylic acids is 1. The molecule has 176 valence electrons. The second kappa shape index (κ2) is 10.6. The van der Waals surface area contributed by atoms with Gasteiger partial charge >= 0.3 is 5.97 Å². The number of nitrogens with one attached hydrogen (secondary N) is 1. The SMILES string of the molecule is C=CCOC(=O)C1=C(C)Nc2nc(SCC)nn2C1c1cccc(OCc2ccccc2C)c1. The monoisotopic (exact) mass is 476 g/mol. The van der Waals surface area contributed by atoms with Crippen molar-refractivity contribution in [1.29, 1.82) is 0 Å². The molecule has 34 heavy (non-hydrogen) atoms. The van der Waals surface area contributed by atoms with Gasteiger partial charge < -0.3 is 14.8 Å². The Balaban J connectivity index is 1.70. The predicted molar refractivity (Wildman–Crippen MR) is 134 cm³/mol. The van der Waals surface area contributed by atoms with Crippen molar-refractivity contribution in [2.24, 2.45) is 0 Å². The van der Waals surface area contributed by atoms with Gasteiger partial charge in [-0.15, -0.1) is 5.10 Å². The molecular formula is C26H28N4O3S. The smallest absolute Gasteiger partial charge is 0.338 e. The topological polar surface area (TPSA) is 78.3 Å². The lowest BCUT2D eigenvalue weighted by molar-refractivity contribution is -0.138. The number of ether oxygens (including phenoxy) is 2. The average Bonchev–Trinajstić information content (AvgIpc) is 3.23. The second-order valence-corrected chi connectivity index (χ2v) is 9.07. The third-order valence-corrected chi connectivity index (χ3v) is 6.21. The van der Waals surface area contributed by atoms with E-state index >= 15 is 0 Å². The van der Waals surface area contributed by atoms with E-state index in [-0.39, 0.29) is 6.61 Å². The van der Waals surface area contributed by atoms with Gasteiger partial charge in [0.25, 0.3) is 0 Å². The van der Waals surface area contributed by atoms with Crippen LogP contribution in [0.3, 0.4) is 0 Å². The van der Waals surface area contributed by atoms with E-state index in [9.17, 15) is 4.79 Å². The van der Waals surface area contributed by atoms with Crippen molar-refractivity contribution in [3.05, 3.63) is 89.1 Å². The first-order valence-electron chi connectivity index (χ1n) is 11.1. The van der Waals surface area contributed by atoms with Crippen molar-refractivity contribution in [3.63, 3.8) is 0 Å². The van der Waals surface area contributed by atoms with Gasteiger partial charge in [0, 0.05) is 5.70 Å². The van der Waals surface area contributed by atoms with E-state index in [0.29, 0.717) is 34.7 Å². The number of hydrogen-bond acceptors (Lipinski definition) is 7. The summed E-state index contributed by atoms with van der Waals surface area (Å²) in [6.45, 7) is 10.2. The molecule has 1 unspecified atom stereocenters. The van der Waals surface area contributed by atoms with Crippen LogP contribution < -0.4 is 10.1 Å². The molecule has 1 aliphatic rings. The number of thioether (sulfide) groups is 1. The molecule has 1 aromatic heterocycles. The average molecular weight is 477 g/mol. The van der Waals surface area contributed by atoms with Crippen molar-refractivity contribution >= 4 is 23.7 Å². The second-order valence-electron chi connectivity index (χ2n) is 7.84. The maximum absolute atomic E-state index is 13.1. The fraction of sp³-hybridized carbons (Fsp3) is 0.269. The lowest BCUT2D eigenvalue weighted by Crippen LogP contribution is -2.29. The molecule has 1 aliphatic heterocycles. The molecule has 7 nitrogen and oxygen atoms in total. The molecular weight excluding hydrogens is 448 g/mol. The zero-order chi connectivity index (χ0) is 24.1. The van der Waals surface area contributed by atoms with Crippen LogP contribution >= 0.6 is 11.8 Å². The Labute approximate surface area is 203 Å². The number of fused-ring (bicyclic) bond motifs is 1. The number of aryl methyl sites for hydroxylation is 1. The van der Waals surface area contributed by atoms with Crippen molar-refractivity contribution in [3.8, 4) is 5.75 Å². The highest BCUT2D eigenvalue weighted by atomic mass is 32.2. The zero-order valence-corrected chi connectivity index (χ0v) is 20.4. The summed E-state index contributed by atoms with van der Waals surface area (Å²) in [5, 5.41) is 8.54. The van der Waals surface area contributed by atoms with Gasteiger partial charge in [-0.2, -0.15) is 4.98 Å². The summed E-state index contributed by atoms with van der Waals surface area (Å²) in [5.41, 5.74) is 4.31. The van der Waals surface area contributed by atoms with Gasteiger partial charge in [-0.05, 0) is 48.4 Å². The van der Waals surface area contributed by atoms with Gasteiger partial charge in [0.1, 0.15) is 25.0 Å². The summed E-state index contributed by atoms with van der Waals surface area (Å²) in [5.74, 6) is 1.72. The molecule has 0 bridgehead atoms. The number of carbonyl (C=O) groups is 1. The minimum Gasteiger partial charge on any atom is -0.489 e. The summed E-state index contributed by atoms with van der Waals surface area (Å²) in [6.07, 6.45) is 1.55. The van der Waals surface area contributed by atoms with E-state index < -0.39 is 12.0 Å². The number of nitrogens with zero attached hydrogens (tertiary/aromatic N) is 3. The third-order valence-electron chi connectivity index (χ3n) is 5.49. The van der Waals surface area contributed by atoms with E-state index in [4.69, 9.17) is 9.47 Å². The molecule has 1 atom stereocenters. The quantitative estimate of drug-likeness (QED) is 0.255. The molecule has 0 fully saturated rings. The van der Waals surface area contributed by atoms with Crippen LogP contribution in [0.25, 0.3) is 0 Å². The summed E-state index contributed by atoms with van der Waals surface area (Å²) in [6, 6.07) is 15.4. The van der Waals surface area contributed by atoms with Crippen LogP contribution in [0.5, 0.6) is 5.75 Å². The first kappa shape index (κ1) is 23.6. The maximum Gasteiger partial charge on any atom is 0.338 e. The van der Waals surface area contributed by atoms with Crippen LogP contribution in [0.4, 0.5) is 5.95 Å². The van der Waals surface area contributed by atoms with Crippen molar-refractivity contribution < 1.29 is 14.3 Å². The molecule has 0 radical (unpaired) electrons. The zero-order valence-electron chi connectivity index (χ0n) is 19.6. The molecule has 0 amide bonds. The Morgan fingerprint density at radius 3 is 2.82 bits per heavy atom. The number of allylic oxidation sites excluding steroid dienone is 1. The Morgan fingerprint density at radius 2 is 2.06 bits per heavy atom. The Hall–Kier alpha value is -3.52.